The summed E-state index contributed by atoms with van der Waals surface area (Å²) in [6, 6.07) is 0. The van der Waals surface area contributed by atoms with Crippen molar-refractivity contribution in [1.82, 2.24) is 0 Å². The van der Waals surface area contributed by atoms with E-state index in [9.17, 15) is 13.6 Å². The molecule has 4 heteroatoms. The van der Waals surface area contributed by atoms with Crippen molar-refractivity contribution < 1.29 is 18.3 Å². The number of ether oxygens (including phenoxy) is 1. The van der Waals surface area contributed by atoms with Crippen LogP contribution in [0.1, 0.15) is 38.5 Å². The zero-order valence-electron chi connectivity index (χ0n) is 9.12. The summed E-state index contributed by atoms with van der Waals surface area (Å²) < 4.78 is 29.6. The summed E-state index contributed by atoms with van der Waals surface area (Å²) in [7, 11) is 0. The third-order valence-corrected chi connectivity index (χ3v) is 4.48. The number of hydrogen-bond donors (Lipinski definition) is 0. The van der Waals surface area contributed by atoms with E-state index in [-0.39, 0.29) is 0 Å². The van der Waals surface area contributed by atoms with Crippen LogP contribution in [-0.4, -0.2) is 18.0 Å². The Balaban J connectivity index is 1.76. The third-order valence-electron chi connectivity index (χ3n) is 4.48. The number of halogens is 2. The number of carbonyl (C=O) groups excluding carboxylic acids is 1. The molecule has 4 bridgehead atoms. The van der Waals surface area contributed by atoms with Crippen LogP contribution in [0.15, 0.2) is 0 Å². The van der Waals surface area contributed by atoms with Gasteiger partial charge in [0.05, 0.1) is 0 Å². The summed E-state index contributed by atoms with van der Waals surface area (Å²) in [6.45, 7) is 0. The lowest BCUT2D eigenvalue weighted by atomic mass is 9.54. The van der Waals surface area contributed by atoms with Gasteiger partial charge >= 0.3 is 12.4 Å². The van der Waals surface area contributed by atoms with Crippen LogP contribution in [0, 0.1) is 17.8 Å². The van der Waals surface area contributed by atoms with Gasteiger partial charge in [-0.05, 0) is 56.3 Å². The van der Waals surface area contributed by atoms with E-state index in [4.69, 9.17) is 4.74 Å². The average Bonchev–Trinajstić information content (AvgIpc) is 2.13. The first-order valence-corrected chi connectivity index (χ1v) is 6.07. The lowest BCUT2D eigenvalue weighted by Crippen LogP contribution is -2.53. The summed E-state index contributed by atoms with van der Waals surface area (Å²) in [5, 5.41) is 0. The van der Waals surface area contributed by atoms with Gasteiger partial charge in [0, 0.05) is 0 Å². The van der Waals surface area contributed by atoms with Crippen molar-refractivity contribution in [2.45, 2.75) is 50.6 Å². The molecule has 0 atom stereocenters. The van der Waals surface area contributed by atoms with Crippen molar-refractivity contribution in [2.75, 3.05) is 0 Å². The van der Waals surface area contributed by atoms with Crippen LogP contribution in [0.2, 0.25) is 0 Å². The highest BCUT2D eigenvalue weighted by Crippen LogP contribution is 2.57. The van der Waals surface area contributed by atoms with Gasteiger partial charge in [0.2, 0.25) is 0 Å². The van der Waals surface area contributed by atoms with Crippen LogP contribution >= 0.6 is 0 Å². The number of alkyl halides is 2. The zero-order valence-corrected chi connectivity index (χ0v) is 9.12. The molecule has 4 aliphatic carbocycles. The number of hydrogen-bond acceptors (Lipinski definition) is 2. The van der Waals surface area contributed by atoms with E-state index < -0.39 is 18.0 Å². The number of rotatable bonds is 2. The Labute approximate surface area is 93.3 Å². The summed E-state index contributed by atoms with van der Waals surface area (Å²) in [5.41, 5.74) is -0.526. The smallest absolute Gasteiger partial charge is 0.374 e. The van der Waals surface area contributed by atoms with Crippen LogP contribution in [0.5, 0.6) is 0 Å². The van der Waals surface area contributed by atoms with Gasteiger partial charge in [-0.1, -0.05) is 0 Å². The molecule has 0 radical (unpaired) electrons. The average molecular weight is 230 g/mol. The fourth-order valence-electron chi connectivity index (χ4n) is 4.41. The van der Waals surface area contributed by atoms with E-state index >= 15 is 0 Å². The number of esters is 1. The SMILES string of the molecule is O=C(OC12CC3CC(CC(C3)C1)C2)C(F)F. The molecule has 0 heterocycles. The highest BCUT2D eigenvalue weighted by Gasteiger charge is 2.53. The van der Waals surface area contributed by atoms with Crippen LogP contribution in [0.4, 0.5) is 8.78 Å². The van der Waals surface area contributed by atoms with E-state index in [1.165, 1.54) is 19.3 Å². The summed E-state index contributed by atoms with van der Waals surface area (Å²) >= 11 is 0. The molecule has 2 nitrogen and oxygen atoms in total. The van der Waals surface area contributed by atoms with Gasteiger partial charge in [-0.3, -0.25) is 0 Å². The minimum Gasteiger partial charge on any atom is -0.455 e. The quantitative estimate of drug-likeness (QED) is 0.682. The first kappa shape index (κ1) is 10.5. The summed E-state index contributed by atoms with van der Waals surface area (Å²) in [4.78, 5) is 11.1. The van der Waals surface area contributed by atoms with Gasteiger partial charge in [-0.15, -0.1) is 0 Å². The Morgan fingerprint density at radius 3 is 1.88 bits per heavy atom. The molecule has 0 aliphatic heterocycles. The van der Waals surface area contributed by atoms with Crippen molar-refractivity contribution in [1.29, 1.82) is 0 Å². The van der Waals surface area contributed by atoms with Crippen LogP contribution in [-0.2, 0) is 9.53 Å². The van der Waals surface area contributed by atoms with Crippen molar-refractivity contribution >= 4 is 5.97 Å². The molecule has 0 unspecified atom stereocenters. The summed E-state index contributed by atoms with van der Waals surface area (Å²) in [6.07, 6.45) is 3.11. The first-order valence-electron chi connectivity index (χ1n) is 6.07. The monoisotopic (exact) mass is 230 g/mol. The van der Waals surface area contributed by atoms with E-state index in [1.54, 1.807) is 0 Å². The minimum absolute atomic E-state index is 0.526. The van der Waals surface area contributed by atoms with Crippen molar-refractivity contribution in [3.8, 4) is 0 Å². The molecular formula is C12H16F2O2. The molecule has 4 rings (SSSR count). The highest BCUT2D eigenvalue weighted by molar-refractivity contribution is 5.73. The van der Waals surface area contributed by atoms with Crippen LogP contribution in [0.3, 0.4) is 0 Å². The maximum Gasteiger partial charge on any atom is 0.374 e. The second kappa shape index (κ2) is 3.41. The van der Waals surface area contributed by atoms with Crippen molar-refractivity contribution in [2.24, 2.45) is 17.8 Å². The van der Waals surface area contributed by atoms with Gasteiger partial charge in [-0.25, -0.2) is 4.79 Å². The molecule has 0 aromatic carbocycles. The van der Waals surface area contributed by atoms with Gasteiger partial charge in [0.15, 0.2) is 0 Å². The molecule has 0 spiro atoms. The fraction of sp³-hybridized carbons (Fsp3) is 0.917. The molecule has 16 heavy (non-hydrogen) atoms. The molecule has 0 aromatic heterocycles. The molecular weight excluding hydrogens is 214 g/mol. The first-order chi connectivity index (χ1) is 7.56. The fourth-order valence-corrected chi connectivity index (χ4v) is 4.41. The molecule has 90 valence electrons. The summed E-state index contributed by atoms with van der Waals surface area (Å²) in [5.74, 6) is 0.507. The largest absolute Gasteiger partial charge is 0.455 e. The second-order valence-electron chi connectivity index (χ2n) is 5.82. The Bertz CT molecular complexity index is 279. The normalized spacial score (nSPS) is 45.1. The third kappa shape index (κ3) is 1.62. The second-order valence-corrected chi connectivity index (χ2v) is 5.82. The predicted molar refractivity (Wildman–Crippen MR) is 53.0 cm³/mol. The lowest BCUT2D eigenvalue weighted by molar-refractivity contribution is -0.197. The molecule has 4 fully saturated rings. The minimum atomic E-state index is -2.98. The lowest BCUT2D eigenvalue weighted by Gasteiger charge is -2.55. The number of carbonyl (C=O) groups is 1. The molecule has 4 saturated carbocycles. The molecule has 0 aromatic rings. The Kier molecular flexibility index (Phi) is 2.23. The van der Waals surface area contributed by atoms with Gasteiger partial charge in [0.25, 0.3) is 0 Å². The topological polar surface area (TPSA) is 26.3 Å². The standard InChI is InChI=1S/C12H16F2O2/c13-10(14)11(15)16-12-4-7-1-8(5-12)3-9(2-7)6-12/h7-10H,1-6H2. The van der Waals surface area contributed by atoms with E-state index in [0.717, 1.165) is 19.3 Å². The van der Waals surface area contributed by atoms with Crippen molar-refractivity contribution in [3.63, 3.8) is 0 Å². The van der Waals surface area contributed by atoms with Crippen LogP contribution < -0.4 is 0 Å². The highest BCUT2D eigenvalue weighted by atomic mass is 19.3. The van der Waals surface area contributed by atoms with Gasteiger partial charge in [-0.2, -0.15) is 8.78 Å². The predicted octanol–water partition coefficient (Wildman–Crippen LogP) is 2.76. The Hall–Kier alpha value is -0.670. The van der Waals surface area contributed by atoms with E-state index in [0.29, 0.717) is 17.8 Å². The molecule has 0 saturated heterocycles. The van der Waals surface area contributed by atoms with Crippen molar-refractivity contribution in [3.05, 3.63) is 0 Å². The van der Waals surface area contributed by atoms with Gasteiger partial charge < -0.3 is 4.74 Å². The Morgan fingerprint density at radius 2 is 1.50 bits per heavy atom. The maximum absolute atomic E-state index is 12.2. The molecule has 0 N–H and O–H groups in total. The van der Waals surface area contributed by atoms with Gasteiger partial charge in [0.1, 0.15) is 5.60 Å². The Morgan fingerprint density at radius 1 is 1.06 bits per heavy atom. The van der Waals surface area contributed by atoms with Crippen LogP contribution in [0.25, 0.3) is 0 Å². The maximum atomic E-state index is 12.2. The zero-order chi connectivity index (χ0) is 11.3. The van der Waals surface area contributed by atoms with E-state index in [2.05, 4.69) is 0 Å². The molecule has 4 aliphatic rings. The van der Waals surface area contributed by atoms with E-state index in [1.807, 2.05) is 0 Å². The molecule has 0 amide bonds.